The number of rotatable bonds is 4. The lowest BCUT2D eigenvalue weighted by molar-refractivity contribution is -0.137. The van der Waals surface area contributed by atoms with Crippen molar-refractivity contribution in [1.29, 1.82) is 0 Å². The maximum atomic E-state index is 12.9. The Labute approximate surface area is 150 Å². The summed E-state index contributed by atoms with van der Waals surface area (Å²) in [6.07, 6.45) is -1.99. The van der Waals surface area contributed by atoms with Crippen LogP contribution in [0.1, 0.15) is 31.2 Å². The second-order valence-electron chi connectivity index (χ2n) is 5.49. The molecule has 2 N–H and O–H groups in total. The molecule has 1 aromatic rings. The van der Waals surface area contributed by atoms with Crippen LogP contribution >= 0.6 is 24.0 Å². The zero-order valence-electron chi connectivity index (χ0n) is 12.7. The van der Waals surface area contributed by atoms with Gasteiger partial charge in [0.15, 0.2) is 0 Å². The maximum absolute atomic E-state index is 12.9. The Balaban J connectivity index is 0.00000288. The Morgan fingerprint density at radius 2 is 1.96 bits per heavy atom. The summed E-state index contributed by atoms with van der Waals surface area (Å²) in [5.74, 6) is 0. The molecule has 24 heavy (non-hydrogen) atoms. The fourth-order valence-electron chi connectivity index (χ4n) is 2.78. The molecule has 0 saturated carbocycles. The molecule has 0 aromatic heterocycles. The van der Waals surface area contributed by atoms with Crippen LogP contribution in [0, 0.1) is 0 Å². The van der Waals surface area contributed by atoms with Crippen molar-refractivity contribution >= 4 is 34.0 Å². The number of benzene rings is 1. The minimum Gasteiger partial charge on any atom is -0.330 e. The molecule has 0 radical (unpaired) electrons. The highest BCUT2D eigenvalue weighted by Crippen LogP contribution is 2.36. The van der Waals surface area contributed by atoms with Crippen molar-refractivity contribution in [2.45, 2.75) is 42.8 Å². The van der Waals surface area contributed by atoms with E-state index in [0.29, 0.717) is 31.9 Å². The SMILES string of the molecule is Cl.NCCC1CCCCN1S(=O)(=O)c1cc(C(F)(F)F)ccc1Cl. The van der Waals surface area contributed by atoms with Crippen molar-refractivity contribution in [2.24, 2.45) is 5.73 Å². The van der Waals surface area contributed by atoms with Crippen LogP contribution in [0.2, 0.25) is 5.02 Å². The van der Waals surface area contributed by atoms with Crippen LogP contribution in [0.25, 0.3) is 0 Å². The van der Waals surface area contributed by atoms with E-state index in [0.717, 1.165) is 18.6 Å². The molecule has 4 nitrogen and oxygen atoms in total. The summed E-state index contributed by atoms with van der Waals surface area (Å²) >= 11 is 5.88. The number of hydrogen-bond acceptors (Lipinski definition) is 3. The summed E-state index contributed by atoms with van der Waals surface area (Å²) in [6.45, 7) is 0.576. The summed E-state index contributed by atoms with van der Waals surface area (Å²) in [5, 5.41) is -0.213. The van der Waals surface area contributed by atoms with E-state index in [-0.39, 0.29) is 30.0 Å². The number of piperidine rings is 1. The number of nitrogens with zero attached hydrogens (tertiary/aromatic N) is 1. The van der Waals surface area contributed by atoms with Crippen molar-refractivity contribution in [2.75, 3.05) is 13.1 Å². The normalized spacial score (nSPS) is 19.8. The van der Waals surface area contributed by atoms with Gasteiger partial charge in [-0.15, -0.1) is 12.4 Å². The number of alkyl halides is 3. The minimum atomic E-state index is -4.63. The molecule has 1 fully saturated rings. The van der Waals surface area contributed by atoms with Gasteiger partial charge < -0.3 is 5.73 Å². The molecular formula is C14H19Cl2F3N2O2S. The number of sulfonamides is 1. The standard InChI is InChI=1S/C14H18ClF3N2O2S.ClH/c15-12-5-4-10(14(16,17)18)9-13(12)23(21,22)20-8-2-1-3-11(20)6-7-19;/h4-5,9,11H,1-3,6-8,19H2;1H. The van der Waals surface area contributed by atoms with Crippen LogP contribution in [-0.2, 0) is 16.2 Å². The second kappa shape index (κ2) is 8.23. The second-order valence-corrected chi connectivity index (χ2v) is 7.75. The quantitative estimate of drug-likeness (QED) is 0.829. The van der Waals surface area contributed by atoms with Gasteiger partial charge in [0.1, 0.15) is 4.90 Å². The fourth-order valence-corrected chi connectivity index (χ4v) is 5.00. The fraction of sp³-hybridized carbons (Fsp3) is 0.571. The van der Waals surface area contributed by atoms with Gasteiger partial charge in [-0.05, 0) is 44.0 Å². The van der Waals surface area contributed by atoms with Crippen LogP contribution in [0.5, 0.6) is 0 Å². The molecule has 10 heteroatoms. The average Bonchev–Trinajstić information content (AvgIpc) is 2.47. The molecule has 0 aliphatic carbocycles. The third kappa shape index (κ3) is 4.54. The Bertz CT molecular complexity index is 666. The zero-order chi connectivity index (χ0) is 17.3. The molecule has 1 aliphatic heterocycles. The first kappa shape index (κ1) is 21.5. The number of halogens is 5. The van der Waals surface area contributed by atoms with Crippen LogP contribution in [0.4, 0.5) is 13.2 Å². The molecule has 2 rings (SSSR count). The van der Waals surface area contributed by atoms with Crippen molar-refractivity contribution in [3.8, 4) is 0 Å². The van der Waals surface area contributed by atoms with Crippen molar-refractivity contribution < 1.29 is 21.6 Å². The van der Waals surface area contributed by atoms with Gasteiger partial charge in [0, 0.05) is 12.6 Å². The molecule has 0 spiro atoms. The van der Waals surface area contributed by atoms with E-state index in [2.05, 4.69) is 0 Å². The van der Waals surface area contributed by atoms with Gasteiger partial charge in [0.25, 0.3) is 0 Å². The lowest BCUT2D eigenvalue weighted by Crippen LogP contribution is -2.44. The monoisotopic (exact) mass is 406 g/mol. The van der Waals surface area contributed by atoms with E-state index in [1.807, 2.05) is 0 Å². The Morgan fingerprint density at radius 1 is 1.29 bits per heavy atom. The molecule has 1 atom stereocenters. The van der Waals surface area contributed by atoms with Gasteiger partial charge in [0.2, 0.25) is 10.0 Å². The van der Waals surface area contributed by atoms with Crippen molar-refractivity contribution in [3.63, 3.8) is 0 Å². The van der Waals surface area contributed by atoms with E-state index in [1.165, 1.54) is 4.31 Å². The predicted octanol–water partition coefficient (Wildman–Crippen LogP) is 3.67. The first-order chi connectivity index (χ1) is 10.7. The molecule has 1 saturated heterocycles. The Hall–Kier alpha value is -0.540. The predicted molar refractivity (Wildman–Crippen MR) is 88.9 cm³/mol. The molecule has 1 aliphatic rings. The molecular weight excluding hydrogens is 388 g/mol. The van der Waals surface area contributed by atoms with Crippen LogP contribution in [0.15, 0.2) is 23.1 Å². The van der Waals surface area contributed by atoms with Gasteiger partial charge in [-0.25, -0.2) is 8.42 Å². The topological polar surface area (TPSA) is 63.4 Å². The van der Waals surface area contributed by atoms with Crippen molar-refractivity contribution in [1.82, 2.24) is 4.31 Å². The van der Waals surface area contributed by atoms with Gasteiger partial charge in [-0.2, -0.15) is 17.5 Å². The lowest BCUT2D eigenvalue weighted by Gasteiger charge is -2.34. The van der Waals surface area contributed by atoms with Gasteiger partial charge in [-0.1, -0.05) is 18.0 Å². The zero-order valence-corrected chi connectivity index (χ0v) is 15.1. The highest BCUT2D eigenvalue weighted by molar-refractivity contribution is 7.89. The first-order valence-corrected chi connectivity index (χ1v) is 9.08. The molecule has 0 bridgehead atoms. The number of hydrogen-bond donors (Lipinski definition) is 1. The van der Waals surface area contributed by atoms with Gasteiger partial charge >= 0.3 is 6.18 Å². The molecule has 1 aromatic carbocycles. The van der Waals surface area contributed by atoms with Crippen LogP contribution in [0.3, 0.4) is 0 Å². The summed E-state index contributed by atoms with van der Waals surface area (Å²) in [4.78, 5) is -0.502. The summed E-state index contributed by atoms with van der Waals surface area (Å²) in [6, 6.07) is 2.05. The lowest BCUT2D eigenvalue weighted by atomic mass is 10.0. The minimum absolute atomic E-state index is 0. The average molecular weight is 407 g/mol. The highest BCUT2D eigenvalue weighted by Gasteiger charge is 2.37. The van der Waals surface area contributed by atoms with Gasteiger partial charge in [0.05, 0.1) is 10.6 Å². The summed E-state index contributed by atoms with van der Waals surface area (Å²) < 4.78 is 65.4. The Morgan fingerprint density at radius 3 is 2.54 bits per heavy atom. The van der Waals surface area contributed by atoms with E-state index >= 15 is 0 Å². The molecule has 0 amide bonds. The Kier molecular flexibility index (Phi) is 7.37. The van der Waals surface area contributed by atoms with Crippen LogP contribution in [-0.4, -0.2) is 31.9 Å². The van der Waals surface area contributed by atoms with E-state index < -0.39 is 26.7 Å². The molecule has 1 unspecified atom stereocenters. The van der Waals surface area contributed by atoms with Crippen LogP contribution < -0.4 is 5.73 Å². The smallest absolute Gasteiger partial charge is 0.330 e. The van der Waals surface area contributed by atoms with Crippen molar-refractivity contribution in [3.05, 3.63) is 28.8 Å². The maximum Gasteiger partial charge on any atom is 0.416 e. The molecule has 1 heterocycles. The summed E-state index contributed by atoms with van der Waals surface area (Å²) in [7, 11) is -4.10. The largest absolute Gasteiger partial charge is 0.416 e. The number of nitrogens with two attached hydrogens (primary N) is 1. The third-order valence-corrected chi connectivity index (χ3v) is 6.35. The first-order valence-electron chi connectivity index (χ1n) is 7.26. The van der Waals surface area contributed by atoms with Gasteiger partial charge in [-0.3, -0.25) is 0 Å². The van der Waals surface area contributed by atoms with E-state index in [9.17, 15) is 21.6 Å². The highest BCUT2D eigenvalue weighted by atomic mass is 35.5. The third-order valence-electron chi connectivity index (χ3n) is 3.92. The molecule has 138 valence electrons. The summed E-state index contributed by atoms with van der Waals surface area (Å²) in [5.41, 5.74) is 4.48. The van der Waals surface area contributed by atoms with E-state index in [4.69, 9.17) is 17.3 Å². The van der Waals surface area contributed by atoms with E-state index in [1.54, 1.807) is 0 Å².